The highest BCUT2D eigenvalue weighted by atomic mass is 16.7. The van der Waals surface area contributed by atoms with Gasteiger partial charge in [0.2, 0.25) is 6.29 Å². The van der Waals surface area contributed by atoms with Gasteiger partial charge in [0.05, 0.1) is 32.4 Å². The van der Waals surface area contributed by atoms with Crippen LogP contribution in [0.2, 0.25) is 0 Å². The lowest BCUT2D eigenvalue weighted by Crippen LogP contribution is -2.39. The highest BCUT2D eigenvalue weighted by Crippen LogP contribution is 2.32. The van der Waals surface area contributed by atoms with E-state index < -0.39 is 18.5 Å². The Morgan fingerprint density at radius 1 is 1.03 bits per heavy atom. The van der Waals surface area contributed by atoms with Gasteiger partial charge in [-0.25, -0.2) is 4.79 Å². The molecule has 9 heteroatoms. The molecule has 0 bridgehead atoms. The van der Waals surface area contributed by atoms with E-state index in [9.17, 15) is 14.7 Å². The van der Waals surface area contributed by atoms with Crippen LogP contribution in [0.1, 0.15) is 39.4 Å². The molecule has 9 nitrogen and oxygen atoms in total. The number of carbonyl (C=O) groups is 2. The molecule has 36 heavy (non-hydrogen) atoms. The van der Waals surface area contributed by atoms with Crippen molar-refractivity contribution in [1.82, 2.24) is 4.90 Å². The highest BCUT2D eigenvalue weighted by Gasteiger charge is 2.31. The maximum Gasteiger partial charge on any atom is 0.337 e. The molecule has 1 aliphatic heterocycles. The Morgan fingerprint density at radius 3 is 2.25 bits per heavy atom. The summed E-state index contributed by atoms with van der Waals surface area (Å²) in [4.78, 5) is 26.5. The average Bonchev–Trinajstić information content (AvgIpc) is 2.93. The lowest BCUT2D eigenvalue weighted by molar-refractivity contribution is -0.160. The molecule has 1 N–H and O–H groups in total. The zero-order valence-electron chi connectivity index (χ0n) is 21.0. The van der Waals surface area contributed by atoms with E-state index in [1.807, 2.05) is 36.4 Å². The summed E-state index contributed by atoms with van der Waals surface area (Å²) in [5.74, 6) is -0.760. The standard InChI is InChI=1S/C27H33NO8/c1-28(15-25(32-2)33-3)26(30)23-13-22(20-9-11-21(12-10-20)27(31)34-4)14-24(36-23)35-17-19-7-5-18(16-29)6-8-19/h5-13,22,24-25,29H,14-17H2,1-4H3/t22-,24+/m1/s1. The van der Waals surface area contributed by atoms with Gasteiger partial charge in [0.1, 0.15) is 0 Å². The van der Waals surface area contributed by atoms with Gasteiger partial charge in [-0.3, -0.25) is 4.79 Å². The molecule has 0 saturated carbocycles. The molecule has 0 aliphatic carbocycles. The fourth-order valence-electron chi connectivity index (χ4n) is 3.80. The molecule has 0 unspecified atom stereocenters. The van der Waals surface area contributed by atoms with Gasteiger partial charge < -0.3 is 33.7 Å². The number of aliphatic hydroxyl groups is 1. The summed E-state index contributed by atoms with van der Waals surface area (Å²) >= 11 is 0. The van der Waals surface area contributed by atoms with E-state index in [1.54, 1.807) is 25.3 Å². The van der Waals surface area contributed by atoms with Gasteiger partial charge in [-0.2, -0.15) is 0 Å². The number of ether oxygens (including phenoxy) is 5. The zero-order chi connectivity index (χ0) is 26.1. The third-order valence-electron chi connectivity index (χ3n) is 5.96. The summed E-state index contributed by atoms with van der Waals surface area (Å²) in [6.45, 7) is 0.463. The van der Waals surface area contributed by atoms with Crippen molar-refractivity contribution in [2.45, 2.75) is 38.1 Å². The Hall–Kier alpha value is -3.24. The van der Waals surface area contributed by atoms with E-state index in [2.05, 4.69) is 0 Å². The second-order valence-corrected chi connectivity index (χ2v) is 8.41. The van der Waals surface area contributed by atoms with Crippen molar-refractivity contribution in [3.63, 3.8) is 0 Å². The van der Waals surface area contributed by atoms with Crippen LogP contribution >= 0.6 is 0 Å². The first-order chi connectivity index (χ1) is 17.4. The number of hydrogen-bond acceptors (Lipinski definition) is 8. The van der Waals surface area contributed by atoms with Crippen LogP contribution in [0.5, 0.6) is 0 Å². The molecule has 0 aromatic heterocycles. The van der Waals surface area contributed by atoms with Crippen LogP contribution in [0.3, 0.4) is 0 Å². The van der Waals surface area contributed by atoms with Crippen LogP contribution in [-0.4, -0.2) is 69.4 Å². The number of amides is 1. The molecule has 2 atom stereocenters. The highest BCUT2D eigenvalue weighted by molar-refractivity contribution is 5.91. The smallest absolute Gasteiger partial charge is 0.337 e. The minimum atomic E-state index is -0.675. The fourth-order valence-corrected chi connectivity index (χ4v) is 3.80. The van der Waals surface area contributed by atoms with E-state index in [1.165, 1.54) is 26.2 Å². The molecule has 1 amide bonds. The van der Waals surface area contributed by atoms with Gasteiger partial charge in [-0.15, -0.1) is 0 Å². The summed E-state index contributed by atoms with van der Waals surface area (Å²) < 4.78 is 27.2. The first-order valence-electron chi connectivity index (χ1n) is 11.6. The van der Waals surface area contributed by atoms with Crippen LogP contribution in [0.15, 0.2) is 60.4 Å². The van der Waals surface area contributed by atoms with Crippen molar-refractivity contribution in [2.75, 3.05) is 34.9 Å². The van der Waals surface area contributed by atoms with Gasteiger partial charge in [0.25, 0.3) is 5.91 Å². The topological polar surface area (TPSA) is 104 Å². The van der Waals surface area contributed by atoms with Crippen LogP contribution in [0, 0.1) is 0 Å². The van der Waals surface area contributed by atoms with Crippen LogP contribution in [0.4, 0.5) is 0 Å². The van der Waals surface area contributed by atoms with E-state index in [4.69, 9.17) is 23.7 Å². The van der Waals surface area contributed by atoms with Crippen molar-refractivity contribution >= 4 is 11.9 Å². The number of allylic oxidation sites excluding steroid dienone is 1. The number of methoxy groups -OCH3 is 3. The number of nitrogens with zero attached hydrogens (tertiary/aromatic N) is 1. The summed E-state index contributed by atoms with van der Waals surface area (Å²) in [5.41, 5.74) is 3.08. The third kappa shape index (κ3) is 7.14. The number of benzene rings is 2. The number of rotatable bonds is 11. The summed E-state index contributed by atoms with van der Waals surface area (Å²) in [5, 5.41) is 9.24. The Balaban J connectivity index is 1.79. The quantitative estimate of drug-likeness (QED) is 0.372. The number of esters is 1. The Bertz CT molecular complexity index is 1030. The van der Waals surface area contributed by atoms with Crippen molar-refractivity contribution in [1.29, 1.82) is 0 Å². The Morgan fingerprint density at radius 2 is 1.67 bits per heavy atom. The number of likely N-dealkylation sites (N-methyl/N-ethyl adjacent to an activating group) is 1. The number of hydrogen-bond donors (Lipinski definition) is 1. The summed E-state index contributed by atoms with van der Waals surface area (Å²) in [6.07, 6.45) is 1.01. The van der Waals surface area contributed by atoms with Crippen molar-refractivity contribution in [3.05, 3.63) is 82.6 Å². The molecule has 1 heterocycles. The predicted octanol–water partition coefficient (Wildman–Crippen LogP) is 2.97. The molecule has 0 radical (unpaired) electrons. The molecule has 194 valence electrons. The van der Waals surface area contributed by atoms with Crippen molar-refractivity contribution in [2.24, 2.45) is 0 Å². The zero-order valence-corrected chi connectivity index (χ0v) is 21.0. The van der Waals surface area contributed by atoms with E-state index in [0.29, 0.717) is 12.0 Å². The number of carbonyl (C=O) groups excluding carboxylic acids is 2. The molecule has 0 spiro atoms. The fraction of sp³-hybridized carbons (Fsp3) is 0.407. The largest absolute Gasteiger partial charge is 0.465 e. The molecule has 2 aromatic rings. The van der Waals surface area contributed by atoms with Crippen LogP contribution < -0.4 is 0 Å². The first kappa shape index (κ1) is 27.3. The van der Waals surface area contributed by atoms with Crippen LogP contribution in [0.25, 0.3) is 0 Å². The SMILES string of the molecule is COC(=O)c1ccc([C@@H]2C=C(C(=O)N(C)CC(OC)OC)O[C@H](OCc3ccc(CO)cc3)C2)cc1. The van der Waals surface area contributed by atoms with Gasteiger partial charge in [0.15, 0.2) is 12.0 Å². The molecule has 0 saturated heterocycles. The number of aliphatic hydroxyl groups excluding tert-OH is 1. The predicted molar refractivity (Wildman–Crippen MR) is 131 cm³/mol. The van der Waals surface area contributed by atoms with Gasteiger partial charge >= 0.3 is 5.97 Å². The molecule has 0 fully saturated rings. The molecular formula is C27H33NO8. The first-order valence-corrected chi connectivity index (χ1v) is 11.6. The maximum absolute atomic E-state index is 13.2. The van der Waals surface area contributed by atoms with E-state index in [0.717, 1.165) is 16.7 Å². The molecule has 2 aromatic carbocycles. The monoisotopic (exact) mass is 499 g/mol. The molecule has 1 aliphatic rings. The lowest BCUT2D eigenvalue weighted by Gasteiger charge is -2.31. The normalized spacial score (nSPS) is 17.3. The van der Waals surface area contributed by atoms with Gasteiger partial charge in [-0.05, 0) is 34.9 Å². The third-order valence-corrected chi connectivity index (χ3v) is 5.96. The minimum absolute atomic E-state index is 0.0277. The van der Waals surface area contributed by atoms with E-state index in [-0.39, 0.29) is 37.3 Å². The van der Waals surface area contributed by atoms with Gasteiger partial charge in [0, 0.05) is 33.6 Å². The molecule has 3 rings (SSSR count). The second kappa shape index (κ2) is 13.2. The lowest BCUT2D eigenvalue weighted by atomic mass is 9.92. The van der Waals surface area contributed by atoms with Crippen molar-refractivity contribution in [3.8, 4) is 0 Å². The maximum atomic E-state index is 13.2. The Labute approximate surface area is 211 Å². The second-order valence-electron chi connectivity index (χ2n) is 8.41. The molecular weight excluding hydrogens is 466 g/mol. The average molecular weight is 500 g/mol. The summed E-state index contributed by atoms with van der Waals surface area (Å²) in [6, 6.07) is 14.5. The van der Waals surface area contributed by atoms with Gasteiger partial charge in [-0.1, -0.05) is 36.4 Å². The minimum Gasteiger partial charge on any atom is -0.465 e. The van der Waals surface area contributed by atoms with E-state index >= 15 is 0 Å². The summed E-state index contributed by atoms with van der Waals surface area (Å²) in [7, 11) is 6.00. The Kier molecular flexibility index (Phi) is 10.0. The van der Waals surface area contributed by atoms with Crippen LogP contribution in [-0.2, 0) is 41.7 Å². The van der Waals surface area contributed by atoms with Crippen molar-refractivity contribution < 1.29 is 38.4 Å².